The highest BCUT2D eigenvalue weighted by Gasteiger charge is 2.26. The Labute approximate surface area is 176 Å². The second-order valence-corrected chi connectivity index (χ2v) is 7.10. The zero-order chi connectivity index (χ0) is 18.2. The molecule has 2 heterocycles. The second-order valence-electron chi connectivity index (χ2n) is 7.10. The van der Waals surface area contributed by atoms with E-state index in [1.807, 2.05) is 18.9 Å². The van der Waals surface area contributed by atoms with Crippen LogP contribution in [0.15, 0.2) is 4.99 Å². The van der Waals surface area contributed by atoms with Crippen molar-refractivity contribution >= 4 is 35.8 Å². The van der Waals surface area contributed by atoms with Crippen molar-refractivity contribution in [3.05, 3.63) is 0 Å². The molecule has 0 aromatic heterocycles. The molecule has 2 N–H and O–H groups in total. The molecule has 0 aromatic rings. The fourth-order valence-corrected chi connectivity index (χ4v) is 3.61. The highest BCUT2D eigenvalue weighted by atomic mass is 127. The second kappa shape index (κ2) is 12.0. The monoisotopic (exact) mass is 480 g/mol. The molecule has 2 aliphatic rings. The molecule has 2 fully saturated rings. The first-order valence-electron chi connectivity index (χ1n) is 9.78. The lowest BCUT2D eigenvalue weighted by Crippen LogP contribution is -2.53. The molecule has 0 aliphatic carbocycles. The summed E-state index contributed by atoms with van der Waals surface area (Å²) in [6.45, 7) is 14.7. The summed E-state index contributed by atoms with van der Waals surface area (Å²) in [5.41, 5.74) is 0. The Bertz CT molecular complexity index is 453. The van der Waals surface area contributed by atoms with E-state index < -0.39 is 0 Å². The van der Waals surface area contributed by atoms with Crippen LogP contribution in [0.2, 0.25) is 0 Å². The van der Waals surface area contributed by atoms with Crippen molar-refractivity contribution in [3.63, 3.8) is 0 Å². The van der Waals surface area contributed by atoms with Gasteiger partial charge in [0, 0.05) is 71.4 Å². The van der Waals surface area contributed by atoms with Crippen LogP contribution in [0.5, 0.6) is 0 Å². The molecule has 0 radical (unpaired) electrons. The third-order valence-electron chi connectivity index (χ3n) is 5.45. The molecule has 0 spiro atoms. The average molecular weight is 480 g/mol. The number of piperazine rings is 1. The van der Waals surface area contributed by atoms with E-state index in [1.54, 1.807) is 0 Å². The van der Waals surface area contributed by atoms with E-state index in [9.17, 15) is 4.79 Å². The molecular formula is C18H37IN6O. The molecule has 0 aromatic carbocycles. The van der Waals surface area contributed by atoms with Crippen LogP contribution in [0.25, 0.3) is 0 Å². The number of carbonyl (C=O) groups excluding carboxylic acids is 1. The first-order chi connectivity index (χ1) is 12.1. The average Bonchev–Trinajstić information content (AvgIpc) is 3.12. The summed E-state index contributed by atoms with van der Waals surface area (Å²) in [6, 6.07) is 0.782. The minimum Gasteiger partial charge on any atom is -0.355 e. The van der Waals surface area contributed by atoms with Crippen molar-refractivity contribution in [1.29, 1.82) is 0 Å². The number of likely N-dealkylation sites (N-methyl/N-ethyl adjacent to an activating group) is 1. The van der Waals surface area contributed by atoms with Gasteiger partial charge in [0.25, 0.3) is 0 Å². The summed E-state index contributed by atoms with van der Waals surface area (Å²) in [6.07, 6.45) is 1.57. The lowest BCUT2D eigenvalue weighted by atomic mass is 10.2. The van der Waals surface area contributed by atoms with E-state index in [0.717, 1.165) is 64.7 Å². The van der Waals surface area contributed by atoms with Crippen LogP contribution in [0.3, 0.4) is 0 Å². The maximum Gasteiger partial charge on any atom is 0.222 e. The Hall–Kier alpha value is -0.610. The number of halogens is 1. The number of hydrogen-bond donors (Lipinski definition) is 2. The van der Waals surface area contributed by atoms with Crippen molar-refractivity contribution in [2.45, 2.75) is 45.7 Å². The third kappa shape index (κ3) is 6.84. The van der Waals surface area contributed by atoms with Crippen LogP contribution >= 0.6 is 24.0 Å². The first kappa shape index (κ1) is 23.4. The van der Waals surface area contributed by atoms with E-state index in [2.05, 4.69) is 39.3 Å². The summed E-state index contributed by atoms with van der Waals surface area (Å²) in [7, 11) is 1.81. The van der Waals surface area contributed by atoms with E-state index in [1.165, 1.54) is 0 Å². The number of rotatable bonds is 6. The molecule has 8 heteroatoms. The minimum absolute atomic E-state index is 0. The highest BCUT2D eigenvalue weighted by Crippen LogP contribution is 2.10. The number of aliphatic imine (C=N–C) groups is 1. The predicted molar refractivity (Wildman–Crippen MR) is 118 cm³/mol. The number of likely N-dealkylation sites (tertiary alicyclic amines) is 1. The van der Waals surface area contributed by atoms with E-state index in [-0.39, 0.29) is 29.9 Å². The van der Waals surface area contributed by atoms with Crippen LogP contribution in [0, 0.1) is 0 Å². The molecule has 0 saturated carbocycles. The molecule has 152 valence electrons. The SMILES string of the molecule is CCC(=O)N1CCC(NC(=NC)NCC(C)N2CCN(CC)CC2)C1.I. The third-order valence-corrected chi connectivity index (χ3v) is 5.45. The Kier molecular flexibility index (Phi) is 10.8. The minimum atomic E-state index is 0. The van der Waals surface area contributed by atoms with Gasteiger partial charge in [0.2, 0.25) is 5.91 Å². The Morgan fingerprint density at radius 2 is 1.88 bits per heavy atom. The molecule has 0 bridgehead atoms. The molecule has 2 aliphatic heterocycles. The fraction of sp³-hybridized carbons (Fsp3) is 0.889. The Morgan fingerprint density at radius 1 is 1.19 bits per heavy atom. The highest BCUT2D eigenvalue weighted by molar-refractivity contribution is 14.0. The van der Waals surface area contributed by atoms with Gasteiger partial charge in [-0.05, 0) is 19.9 Å². The molecule has 2 saturated heterocycles. The van der Waals surface area contributed by atoms with Gasteiger partial charge in [0.15, 0.2) is 5.96 Å². The lowest BCUT2D eigenvalue weighted by Gasteiger charge is -2.37. The number of guanidine groups is 1. The summed E-state index contributed by atoms with van der Waals surface area (Å²) in [4.78, 5) is 23.1. The molecule has 1 amide bonds. The van der Waals surface area contributed by atoms with Crippen molar-refractivity contribution in [3.8, 4) is 0 Å². The molecule has 2 unspecified atom stereocenters. The maximum atomic E-state index is 11.8. The summed E-state index contributed by atoms with van der Waals surface area (Å²) in [5.74, 6) is 1.09. The molecule has 26 heavy (non-hydrogen) atoms. The summed E-state index contributed by atoms with van der Waals surface area (Å²) in [5, 5.41) is 6.92. The number of amides is 1. The zero-order valence-corrected chi connectivity index (χ0v) is 19.2. The molecule has 2 atom stereocenters. The van der Waals surface area contributed by atoms with Gasteiger partial charge in [-0.25, -0.2) is 0 Å². The standard InChI is InChI=1S/C18H36N6O.HI/c1-5-17(25)24-8-7-16(14-24)21-18(19-4)20-13-15(3)23-11-9-22(6-2)10-12-23;/h15-16H,5-14H2,1-4H3,(H2,19,20,21);1H. The Morgan fingerprint density at radius 3 is 2.46 bits per heavy atom. The normalized spacial score (nSPS) is 23.5. The largest absolute Gasteiger partial charge is 0.355 e. The summed E-state index contributed by atoms with van der Waals surface area (Å²) >= 11 is 0. The van der Waals surface area contributed by atoms with Crippen LogP contribution < -0.4 is 10.6 Å². The molecule has 2 rings (SSSR count). The predicted octanol–water partition coefficient (Wildman–Crippen LogP) is 0.806. The van der Waals surface area contributed by atoms with Gasteiger partial charge in [-0.1, -0.05) is 13.8 Å². The number of hydrogen-bond acceptors (Lipinski definition) is 4. The van der Waals surface area contributed by atoms with Crippen LogP contribution in [-0.4, -0.2) is 98.1 Å². The van der Waals surface area contributed by atoms with Crippen molar-refractivity contribution in [1.82, 2.24) is 25.3 Å². The van der Waals surface area contributed by atoms with Crippen molar-refractivity contribution in [2.24, 2.45) is 4.99 Å². The van der Waals surface area contributed by atoms with Gasteiger partial charge in [-0.2, -0.15) is 0 Å². The van der Waals surface area contributed by atoms with E-state index in [4.69, 9.17) is 0 Å². The van der Waals surface area contributed by atoms with Gasteiger partial charge < -0.3 is 20.4 Å². The number of nitrogens with one attached hydrogen (secondary N) is 2. The lowest BCUT2D eigenvalue weighted by molar-refractivity contribution is -0.129. The van der Waals surface area contributed by atoms with Crippen LogP contribution in [-0.2, 0) is 4.79 Å². The van der Waals surface area contributed by atoms with E-state index >= 15 is 0 Å². The smallest absolute Gasteiger partial charge is 0.222 e. The van der Waals surface area contributed by atoms with Gasteiger partial charge in [0.05, 0.1) is 0 Å². The molecular weight excluding hydrogens is 443 g/mol. The van der Waals surface area contributed by atoms with Crippen molar-refractivity contribution < 1.29 is 4.79 Å². The first-order valence-corrected chi connectivity index (χ1v) is 9.78. The van der Waals surface area contributed by atoms with Gasteiger partial charge >= 0.3 is 0 Å². The Balaban J connectivity index is 0.00000338. The van der Waals surface area contributed by atoms with Gasteiger partial charge in [-0.15, -0.1) is 24.0 Å². The quantitative estimate of drug-likeness (QED) is 0.335. The number of carbonyl (C=O) groups is 1. The topological polar surface area (TPSA) is 63.2 Å². The van der Waals surface area contributed by atoms with Gasteiger partial charge in [0.1, 0.15) is 0 Å². The van der Waals surface area contributed by atoms with Crippen LogP contribution in [0.1, 0.15) is 33.6 Å². The molecule has 7 nitrogen and oxygen atoms in total. The van der Waals surface area contributed by atoms with E-state index in [0.29, 0.717) is 18.5 Å². The number of nitrogens with zero attached hydrogens (tertiary/aromatic N) is 4. The van der Waals surface area contributed by atoms with Crippen molar-refractivity contribution in [2.75, 3.05) is 59.4 Å². The maximum absolute atomic E-state index is 11.8. The summed E-state index contributed by atoms with van der Waals surface area (Å²) < 4.78 is 0. The fourth-order valence-electron chi connectivity index (χ4n) is 3.61. The van der Waals surface area contributed by atoms with Gasteiger partial charge in [-0.3, -0.25) is 14.7 Å². The zero-order valence-electron chi connectivity index (χ0n) is 16.8. The van der Waals surface area contributed by atoms with Crippen LogP contribution in [0.4, 0.5) is 0 Å².